The summed E-state index contributed by atoms with van der Waals surface area (Å²) < 4.78 is 87.7. The Balaban J connectivity index is 0.000000154. The van der Waals surface area contributed by atoms with Crippen LogP contribution in [0.15, 0.2) is 314 Å². The summed E-state index contributed by atoms with van der Waals surface area (Å²) in [6, 6.07) is 84.1. The van der Waals surface area contributed by atoms with Crippen LogP contribution in [-0.2, 0) is 51.0 Å². The molecule has 0 aromatic heterocycles. The summed E-state index contributed by atoms with van der Waals surface area (Å²) in [5.74, 6) is -3.21. The largest absolute Gasteiger partial charge is 0.497 e. The molecule has 0 aliphatic heterocycles. The molecule has 0 atom stereocenters. The third kappa shape index (κ3) is 24.0. The zero-order chi connectivity index (χ0) is 97.7. The molecule has 12 aromatic carbocycles. The lowest BCUT2D eigenvalue weighted by molar-refractivity contribution is -0.138. The molecule has 12 nitrogen and oxygen atoms in total. The van der Waals surface area contributed by atoms with E-state index in [1.165, 1.54) is 54.2 Å². The molecule has 690 valence electrons. The minimum Gasteiger partial charge on any atom is -0.497 e. The standard InChI is InChI=1S/C30H24ClNO3.C30H25F3O3.C29H25ClO3.C28H21ClF2O2/c1-3-23(25-14-13-22(35-2)17-28(25)31)30(20-11-8-19(9-12-20)10-15-29(33)34)26-16-21-6-4-5-7-24(21)27(26)18-32;1-3-25(26-14-13-24(36-2)18-27(26)30(31,32)33)29(23-16-21-6-4-5-7-22(21)17-23)20-11-8-19(9-12-20)10-15-28(34)35;1-3-25(26-14-13-24(33-2)18-27(26)30)29(23-16-21-6-4-5-7-22(21)17-23)20-11-8-19(9-12-20)10-15-28(31)32;1-2-21(23-13-12-20(30)16-25(23)29)27(18-10-7-17(8-11-18)9-14-26(32)33)24-15-19-5-3-4-6-22(19)28(24)31/h4-15,17H,3,16H2,1-2H3,(H,33,34);4-16,18H,3,17H2,1-2H3,(H,34,35);4-16,18H,3,17H2,1-2H3,(H,31,32);3-14,16H,2,15H2,1H3,(H,32,33)/b15-10+,30-23+;2*15-10+,29-25+;14-9+,27-21+. The third-order valence-electron chi connectivity index (χ3n) is 23.9. The molecule has 137 heavy (non-hydrogen) atoms. The number of carbonyl (C=O) groups is 4. The summed E-state index contributed by atoms with van der Waals surface area (Å²) >= 11 is 19.8. The van der Waals surface area contributed by atoms with Crippen LogP contribution in [0.5, 0.6) is 17.2 Å². The van der Waals surface area contributed by atoms with E-state index in [0.29, 0.717) is 98.9 Å². The van der Waals surface area contributed by atoms with Crippen LogP contribution in [-0.4, -0.2) is 65.6 Å². The van der Waals surface area contributed by atoms with Crippen molar-refractivity contribution in [2.45, 2.75) is 85.2 Å². The predicted molar refractivity (Wildman–Crippen MR) is 543 cm³/mol. The summed E-state index contributed by atoms with van der Waals surface area (Å²) in [7, 11) is 4.58. The van der Waals surface area contributed by atoms with Gasteiger partial charge in [-0.25, -0.2) is 28.0 Å². The molecule has 0 unspecified atom stereocenters. The van der Waals surface area contributed by atoms with Gasteiger partial charge in [-0.1, -0.05) is 281 Å². The number of alkyl halides is 3. The van der Waals surface area contributed by atoms with Crippen LogP contribution in [0.4, 0.5) is 22.0 Å². The molecular weight excluding hydrogens is 1800 g/mol. The lowest BCUT2D eigenvalue weighted by Gasteiger charge is -2.21. The fourth-order valence-electron chi connectivity index (χ4n) is 17.6. The number of methoxy groups -OCH3 is 3. The highest BCUT2D eigenvalue weighted by molar-refractivity contribution is 6.34. The first-order valence-electron chi connectivity index (χ1n) is 44.2. The average molecular weight is 1890 g/mol. The topological polar surface area (TPSA) is 201 Å². The molecular formula is C117H95Cl3F5NO11. The number of hydrogen-bond acceptors (Lipinski definition) is 8. The van der Waals surface area contributed by atoms with Crippen molar-refractivity contribution in [3.8, 4) is 23.3 Å². The number of nitriles is 1. The molecule has 0 amide bonds. The van der Waals surface area contributed by atoms with Crippen LogP contribution in [0.2, 0.25) is 15.1 Å². The van der Waals surface area contributed by atoms with Crippen molar-refractivity contribution in [3.63, 3.8) is 0 Å². The maximum absolute atomic E-state index is 15.7. The Labute approximate surface area is 807 Å². The predicted octanol–water partition coefficient (Wildman–Crippen LogP) is 30.3. The lowest BCUT2D eigenvalue weighted by atomic mass is 9.85. The number of benzene rings is 12. The fraction of sp³-hybridized carbons (Fsp3) is 0.137. The second-order valence-corrected chi connectivity index (χ2v) is 33.5. The van der Waals surface area contributed by atoms with Gasteiger partial charge in [-0.3, -0.25) is 0 Å². The Morgan fingerprint density at radius 1 is 0.372 bits per heavy atom. The molecule has 20 heteroatoms. The SMILES string of the molecule is CC/C(=C(\C1=C(C#N)c2ccccc2C1)c1ccc(/C=C/C(=O)O)cc1)c1ccc(OC)cc1Cl.CC/C(=C(\C1=C(F)c2ccccc2C1)c1ccc(/C=C/C(=O)O)cc1)c1ccc(F)cc1Cl.CC/C(=C(\C1=Cc2ccccc2C1)c1ccc(/C=C/C(=O)O)cc1)c1ccc(OC)cc1C(F)(F)F.CC/C(=C(\C1=Cc2ccccc2C1)c1ccc(/C=C/C(=O)O)cc1)c1ccc(OC)cc1Cl. The van der Waals surface area contributed by atoms with Gasteiger partial charge in [-0.15, -0.1) is 0 Å². The van der Waals surface area contributed by atoms with Gasteiger partial charge in [0.25, 0.3) is 0 Å². The summed E-state index contributed by atoms with van der Waals surface area (Å²) in [5, 5.41) is 47.3. The third-order valence-corrected chi connectivity index (χ3v) is 24.9. The molecule has 4 aliphatic carbocycles. The number of ether oxygens (including phenoxy) is 3. The monoisotopic (exact) mass is 1890 g/mol. The van der Waals surface area contributed by atoms with Gasteiger partial charge in [0, 0.05) is 48.3 Å². The second kappa shape index (κ2) is 45.7. The van der Waals surface area contributed by atoms with Crippen molar-refractivity contribution >= 4 is 151 Å². The van der Waals surface area contributed by atoms with Crippen LogP contribution in [0.3, 0.4) is 0 Å². The number of rotatable bonds is 27. The van der Waals surface area contributed by atoms with Crippen molar-refractivity contribution < 1.29 is 75.8 Å². The van der Waals surface area contributed by atoms with Crippen molar-refractivity contribution in [3.05, 3.63) is 451 Å². The first-order valence-corrected chi connectivity index (χ1v) is 45.3. The number of carboxylic acid groups (broad SMARTS) is 4. The fourth-order valence-corrected chi connectivity index (χ4v) is 18.5. The van der Waals surface area contributed by atoms with Gasteiger partial charge < -0.3 is 34.6 Å². The van der Waals surface area contributed by atoms with E-state index < -0.39 is 41.4 Å². The van der Waals surface area contributed by atoms with Crippen LogP contribution in [0.25, 0.3) is 92.4 Å². The molecule has 0 radical (unpaired) electrons. The first-order chi connectivity index (χ1) is 66.0. The van der Waals surface area contributed by atoms with Crippen LogP contribution in [0.1, 0.15) is 170 Å². The number of hydrogen-bond donors (Lipinski definition) is 4. The van der Waals surface area contributed by atoms with Crippen molar-refractivity contribution in [1.82, 2.24) is 0 Å². The van der Waals surface area contributed by atoms with Crippen molar-refractivity contribution in [2.75, 3.05) is 21.3 Å². The Bertz CT molecular complexity index is 7090. The van der Waals surface area contributed by atoms with E-state index in [1.54, 1.807) is 74.9 Å². The second-order valence-electron chi connectivity index (χ2n) is 32.2. The Morgan fingerprint density at radius 3 is 1.04 bits per heavy atom. The Morgan fingerprint density at radius 2 is 0.686 bits per heavy atom. The highest BCUT2D eigenvalue weighted by atomic mass is 35.5. The van der Waals surface area contributed by atoms with E-state index in [0.717, 1.165) is 166 Å². The van der Waals surface area contributed by atoms with Gasteiger partial charge in [-0.2, -0.15) is 18.4 Å². The van der Waals surface area contributed by atoms with Crippen LogP contribution < -0.4 is 14.2 Å². The van der Waals surface area contributed by atoms with Gasteiger partial charge in [0.05, 0.1) is 47.5 Å². The normalized spacial score (nSPS) is 13.7. The molecule has 12 aromatic rings. The zero-order valence-corrected chi connectivity index (χ0v) is 78.2. The number of nitrogens with zero attached hydrogens (tertiary/aromatic N) is 1. The number of carboxylic acids is 4. The minimum absolute atomic E-state index is 0.118. The quantitative estimate of drug-likeness (QED) is 0.0216. The number of halogens is 8. The Kier molecular flexibility index (Phi) is 33.1. The summed E-state index contributed by atoms with van der Waals surface area (Å²) in [4.78, 5) is 43.5. The van der Waals surface area contributed by atoms with Crippen molar-refractivity contribution in [2.24, 2.45) is 0 Å². The van der Waals surface area contributed by atoms with E-state index in [4.69, 9.17) is 69.4 Å². The van der Waals surface area contributed by atoms with E-state index in [9.17, 15) is 42.0 Å². The smallest absolute Gasteiger partial charge is 0.417 e. The molecule has 0 bridgehead atoms. The van der Waals surface area contributed by atoms with Crippen LogP contribution >= 0.6 is 34.8 Å². The van der Waals surface area contributed by atoms with E-state index >= 15 is 4.39 Å². The van der Waals surface area contributed by atoms with Crippen LogP contribution in [0, 0.1) is 17.1 Å². The molecule has 4 N–H and O–H groups in total. The molecule has 0 spiro atoms. The lowest BCUT2D eigenvalue weighted by Crippen LogP contribution is -2.10. The Hall–Kier alpha value is -15.2. The van der Waals surface area contributed by atoms with Crippen molar-refractivity contribution in [1.29, 1.82) is 5.26 Å². The van der Waals surface area contributed by atoms with Gasteiger partial charge >= 0.3 is 30.1 Å². The molecule has 0 fully saturated rings. The van der Waals surface area contributed by atoms with E-state index in [1.807, 2.05) is 184 Å². The molecule has 0 saturated carbocycles. The van der Waals surface area contributed by atoms with E-state index in [-0.39, 0.29) is 22.2 Å². The number of fused-ring (bicyclic) bond motifs is 4. The maximum Gasteiger partial charge on any atom is 0.417 e. The van der Waals surface area contributed by atoms with Gasteiger partial charge in [0.1, 0.15) is 35.0 Å². The molecule has 0 heterocycles. The first kappa shape index (κ1) is 99.3. The average Bonchev–Trinajstić information content (AvgIpc) is 1.69. The van der Waals surface area contributed by atoms with E-state index in [2.05, 4.69) is 56.3 Å². The zero-order valence-electron chi connectivity index (χ0n) is 76.0. The van der Waals surface area contributed by atoms with Gasteiger partial charge in [-0.05, 0) is 291 Å². The highest BCUT2D eigenvalue weighted by Gasteiger charge is 2.37. The summed E-state index contributed by atoms with van der Waals surface area (Å²) in [5.41, 5.74) is 28.3. The van der Waals surface area contributed by atoms with Gasteiger partial charge in [0.2, 0.25) is 0 Å². The highest BCUT2D eigenvalue weighted by Crippen LogP contribution is 2.51. The number of allylic oxidation sites excluding steroid dienone is 13. The molecule has 4 aliphatic rings. The maximum atomic E-state index is 15.7. The minimum atomic E-state index is -4.56. The molecule has 0 saturated heterocycles. The molecule has 16 rings (SSSR count). The summed E-state index contributed by atoms with van der Waals surface area (Å²) in [6.45, 7) is 8.03. The summed E-state index contributed by atoms with van der Waals surface area (Å²) in [6.07, 6.45) is 15.2. The van der Waals surface area contributed by atoms with Gasteiger partial charge in [0.15, 0.2) is 0 Å². The number of aliphatic carboxylic acids is 4.